The lowest BCUT2D eigenvalue weighted by molar-refractivity contribution is 0.474. The molecular formula is C17H18FN3. The Hall–Kier alpha value is -1.94. The Balaban J connectivity index is 1.66. The number of hydrogen-bond donors (Lipinski definition) is 1. The van der Waals surface area contributed by atoms with Gasteiger partial charge in [0.15, 0.2) is 0 Å². The Labute approximate surface area is 123 Å². The number of nitrogens with zero attached hydrogens (tertiary/aromatic N) is 2. The van der Waals surface area contributed by atoms with Gasteiger partial charge in [0, 0.05) is 43.0 Å². The largest absolute Gasteiger partial charge is 0.368 e. The smallest absolute Gasteiger partial charge is 0.131 e. The zero-order chi connectivity index (χ0) is 14.2. The summed E-state index contributed by atoms with van der Waals surface area (Å²) in [7, 11) is 0. The van der Waals surface area contributed by atoms with Crippen LogP contribution in [0.25, 0.3) is 11.1 Å². The summed E-state index contributed by atoms with van der Waals surface area (Å²) in [6.07, 6.45) is 4.89. The zero-order valence-electron chi connectivity index (χ0n) is 11.8. The van der Waals surface area contributed by atoms with Crippen LogP contribution >= 0.6 is 0 Å². The molecule has 1 aromatic heterocycles. The molecule has 4 rings (SSSR count). The first-order chi connectivity index (χ1) is 10.3. The van der Waals surface area contributed by atoms with Crippen molar-refractivity contribution in [2.45, 2.75) is 12.5 Å². The average molecular weight is 283 g/mol. The van der Waals surface area contributed by atoms with Crippen LogP contribution in [0.2, 0.25) is 0 Å². The van der Waals surface area contributed by atoms with E-state index >= 15 is 0 Å². The van der Waals surface area contributed by atoms with Crippen LogP contribution in [0.15, 0.2) is 42.7 Å². The first kappa shape index (κ1) is 12.8. The lowest BCUT2D eigenvalue weighted by atomic mass is 9.99. The van der Waals surface area contributed by atoms with Gasteiger partial charge in [0.05, 0.1) is 11.9 Å². The third kappa shape index (κ3) is 2.40. The third-order valence-electron chi connectivity index (χ3n) is 4.51. The minimum Gasteiger partial charge on any atom is -0.368 e. The molecule has 2 saturated heterocycles. The second kappa shape index (κ2) is 5.11. The van der Waals surface area contributed by atoms with Gasteiger partial charge in [0.1, 0.15) is 5.82 Å². The standard InChI is InChI=1S/C17H18FN3/c18-17-4-2-1-3-16(17)13-6-15(9-19-8-13)21-10-12-5-14(11-21)20-7-12/h1-4,6,8-9,12,14,20H,5,7,10-11H2. The van der Waals surface area contributed by atoms with E-state index in [-0.39, 0.29) is 5.82 Å². The van der Waals surface area contributed by atoms with Gasteiger partial charge in [0.25, 0.3) is 0 Å². The minimum atomic E-state index is -0.197. The van der Waals surface area contributed by atoms with E-state index in [1.54, 1.807) is 18.3 Å². The molecule has 3 nitrogen and oxygen atoms in total. The SMILES string of the molecule is Fc1ccccc1-c1cncc(N2CC3CNC(C3)C2)c1. The van der Waals surface area contributed by atoms with Gasteiger partial charge in [-0.3, -0.25) is 4.98 Å². The van der Waals surface area contributed by atoms with Gasteiger partial charge in [-0.05, 0) is 24.5 Å². The molecule has 0 spiro atoms. The molecule has 21 heavy (non-hydrogen) atoms. The molecule has 108 valence electrons. The van der Waals surface area contributed by atoms with Crippen LogP contribution < -0.4 is 10.2 Å². The summed E-state index contributed by atoms with van der Waals surface area (Å²) in [5, 5.41) is 3.55. The maximum Gasteiger partial charge on any atom is 0.131 e. The van der Waals surface area contributed by atoms with Crippen molar-refractivity contribution < 1.29 is 4.39 Å². The van der Waals surface area contributed by atoms with Crippen LogP contribution in [0.4, 0.5) is 10.1 Å². The van der Waals surface area contributed by atoms with E-state index in [2.05, 4.69) is 21.3 Å². The summed E-state index contributed by atoms with van der Waals surface area (Å²) in [5.74, 6) is 0.526. The van der Waals surface area contributed by atoms with E-state index in [1.165, 1.54) is 12.5 Å². The van der Waals surface area contributed by atoms with E-state index in [0.29, 0.717) is 11.6 Å². The van der Waals surface area contributed by atoms with Crippen molar-refractivity contribution in [2.75, 3.05) is 24.5 Å². The first-order valence-electron chi connectivity index (χ1n) is 7.48. The number of pyridine rings is 1. The van der Waals surface area contributed by atoms with Crippen LogP contribution in [0.5, 0.6) is 0 Å². The number of halogens is 1. The number of hydrogen-bond acceptors (Lipinski definition) is 3. The van der Waals surface area contributed by atoms with Gasteiger partial charge < -0.3 is 10.2 Å². The van der Waals surface area contributed by atoms with Gasteiger partial charge in [-0.25, -0.2) is 4.39 Å². The summed E-state index contributed by atoms with van der Waals surface area (Å²) in [6.45, 7) is 3.19. The molecule has 2 aliphatic rings. The fraction of sp³-hybridized carbons (Fsp3) is 0.353. The van der Waals surface area contributed by atoms with Crippen molar-refractivity contribution in [3.05, 3.63) is 48.5 Å². The Bertz CT molecular complexity index is 646. The summed E-state index contributed by atoms with van der Waals surface area (Å²) in [6, 6.07) is 9.50. The van der Waals surface area contributed by atoms with Gasteiger partial charge in [-0.15, -0.1) is 0 Å². The maximum atomic E-state index is 13.9. The minimum absolute atomic E-state index is 0.197. The van der Waals surface area contributed by atoms with Gasteiger partial charge in [-0.1, -0.05) is 18.2 Å². The third-order valence-corrected chi connectivity index (χ3v) is 4.51. The molecule has 2 fully saturated rings. The Morgan fingerprint density at radius 1 is 1.19 bits per heavy atom. The number of anilines is 1. The van der Waals surface area contributed by atoms with Crippen molar-refractivity contribution >= 4 is 5.69 Å². The second-order valence-corrected chi connectivity index (χ2v) is 6.02. The highest BCUT2D eigenvalue weighted by atomic mass is 19.1. The molecule has 3 heterocycles. The number of fused-ring (bicyclic) bond motifs is 2. The maximum absolute atomic E-state index is 13.9. The van der Waals surface area contributed by atoms with Crippen molar-refractivity contribution in [3.8, 4) is 11.1 Å². The molecule has 0 amide bonds. The summed E-state index contributed by atoms with van der Waals surface area (Å²) in [5.41, 5.74) is 2.55. The lowest BCUT2D eigenvalue weighted by Crippen LogP contribution is -2.41. The predicted octanol–water partition coefficient (Wildman–Crippen LogP) is 2.69. The predicted molar refractivity (Wildman–Crippen MR) is 81.7 cm³/mol. The fourth-order valence-corrected chi connectivity index (χ4v) is 3.49. The molecule has 2 bridgehead atoms. The van der Waals surface area contributed by atoms with Crippen LogP contribution in [0.3, 0.4) is 0 Å². The first-order valence-corrected chi connectivity index (χ1v) is 7.48. The van der Waals surface area contributed by atoms with Crippen molar-refractivity contribution in [3.63, 3.8) is 0 Å². The van der Waals surface area contributed by atoms with Crippen LogP contribution in [-0.4, -0.2) is 30.7 Å². The van der Waals surface area contributed by atoms with Gasteiger partial charge in [-0.2, -0.15) is 0 Å². The molecule has 4 heteroatoms. The van der Waals surface area contributed by atoms with Crippen molar-refractivity contribution in [1.82, 2.24) is 10.3 Å². The van der Waals surface area contributed by atoms with Crippen LogP contribution in [0.1, 0.15) is 6.42 Å². The van der Waals surface area contributed by atoms with E-state index in [4.69, 9.17) is 0 Å². The number of rotatable bonds is 2. The molecule has 0 saturated carbocycles. The van der Waals surface area contributed by atoms with Crippen molar-refractivity contribution in [2.24, 2.45) is 5.92 Å². The normalized spacial score (nSPS) is 24.3. The van der Waals surface area contributed by atoms with E-state index < -0.39 is 0 Å². The van der Waals surface area contributed by atoms with Gasteiger partial charge >= 0.3 is 0 Å². The molecule has 2 unspecified atom stereocenters. The Morgan fingerprint density at radius 3 is 2.95 bits per heavy atom. The highest BCUT2D eigenvalue weighted by Gasteiger charge is 2.32. The molecule has 1 N–H and O–H groups in total. The number of aromatic nitrogens is 1. The number of benzene rings is 1. The second-order valence-electron chi connectivity index (χ2n) is 6.02. The van der Waals surface area contributed by atoms with Crippen LogP contribution in [0, 0.1) is 11.7 Å². The van der Waals surface area contributed by atoms with E-state index in [9.17, 15) is 4.39 Å². The summed E-state index contributed by atoms with van der Waals surface area (Å²) < 4.78 is 13.9. The quantitative estimate of drug-likeness (QED) is 0.918. The molecule has 0 radical (unpaired) electrons. The number of piperidine rings is 1. The molecule has 2 aromatic rings. The van der Waals surface area contributed by atoms with Crippen LogP contribution in [-0.2, 0) is 0 Å². The fourth-order valence-electron chi connectivity index (χ4n) is 3.49. The Morgan fingerprint density at radius 2 is 2.10 bits per heavy atom. The van der Waals surface area contributed by atoms with Crippen molar-refractivity contribution in [1.29, 1.82) is 0 Å². The highest BCUT2D eigenvalue weighted by molar-refractivity contribution is 5.67. The zero-order valence-corrected chi connectivity index (χ0v) is 11.8. The topological polar surface area (TPSA) is 28.2 Å². The lowest BCUT2D eigenvalue weighted by Gasteiger charge is -2.32. The molecule has 2 atom stereocenters. The molecule has 1 aromatic carbocycles. The summed E-state index contributed by atoms with van der Waals surface area (Å²) in [4.78, 5) is 6.69. The molecular weight excluding hydrogens is 265 g/mol. The van der Waals surface area contributed by atoms with Gasteiger partial charge in [0.2, 0.25) is 0 Å². The number of nitrogens with one attached hydrogen (secondary N) is 1. The molecule has 2 aliphatic heterocycles. The Kier molecular flexibility index (Phi) is 3.11. The summed E-state index contributed by atoms with van der Waals surface area (Å²) >= 11 is 0. The highest BCUT2D eigenvalue weighted by Crippen LogP contribution is 2.30. The monoisotopic (exact) mass is 283 g/mol. The average Bonchev–Trinajstić information content (AvgIpc) is 2.86. The van der Waals surface area contributed by atoms with E-state index in [0.717, 1.165) is 36.8 Å². The van der Waals surface area contributed by atoms with E-state index in [1.807, 2.05) is 12.3 Å². The molecule has 0 aliphatic carbocycles.